The van der Waals surface area contributed by atoms with Crippen LogP contribution in [0.4, 0.5) is 0 Å². The van der Waals surface area contributed by atoms with Gasteiger partial charge in [-0.25, -0.2) is 0 Å². The molecule has 178 valence electrons. The molecule has 0 radical (unpaired) electrons. The summed E-state index contributed by atoms with van der Waals surface area (Å²) in [5, 5.41) is 24.7. The first-order valence-electron chi connectivity index (χ1n) is 12.0. The summed E-state index contributed by atoms with van der Waals surface area (Å²) in [4.78, 5) is 13.5. The van der Waals surface area contributed by atoms with E-state index in [-0.39, 0.29) is 5.91 Å². The Morgan fingerprint density at radius 1 is 1.00 bits per heavy atom. The number of benzene rings is 3. The number of carbonyl (C=O) groups is 1. The third kappa shape index (κ3) is 5.85. The zero-order chi connectivity index (χ0) is 23.9. The number of hydrogen-bond acceptors (Lipinski definition) is 4. The lowest BCUT2D eigenvalue weighted by molar-refractivity contribution is -0.127. The van der Waals surface area contributed by atoms with Crippen molar-refractivity contribution in [3.63, 3.8) is 0 Å². The summed E-state index contributed by atoms with van der Waals surface area (Å²) < 4.78 is 5.70. The molecule has 3 N–H and O–H groups in total. The molecule has 0 spiro atoms. The van der Waals surface area contributed by atoms with Gasteiger partial charge < -0.3 is 20.3 Å². The van der Waals surface area contributed by atoms with Crippen LogP contribution in [0.5, 0.6) is 5.75 Å². The van der Waals surface area contributed by atoms with E-state index in [1.807, 2.05) is 85.8 Å². The fourth-order valence-electron chi connectivity index (χ4n) is 4.84. The molecule has 5 heteroatoms. The maximum absolute atomic E-state index is 13.5. The number of ether oxygens (including phenoxy) is 1. The maximum Gasteiger partial charge on any atom is 0.224 e. The van der Waals surface area contributed by atoms with Crippen LogP contribution in [0.1, 0.15) is 41.6 Å². The first-order valence-corrected chi connectivity index (χ1v) is 12.0. The molecule has 0 fully saturated rings. The van der Waals surface area contributed by atoms with Gasteiger partial charge in [-0.3, -0.25) is 4.79 Å². The van der Waals surface area contributed by atoms with Crippen molar-refractivity contribution in [3.8, 4) is 5.75 Å². The SMILES string of the molecule is CCOc1ccccc1C[C@@H](O)C[C@H](Cc1ccccc1)C(=O)N[C@H]1c2ccccc2C[C@H]1O. The summed E-state index contributed by atoms with van der Waals surface area (Å²) in [5.41, 5.74) is 3.99. The topological polar surface area (TPSA) is 78.8 Å². The van der Waals surface area contributed by atoms with Crippen molar-refractivity contribution < 1.29 is 19.7 Å². The van der Waals surface area contributed by atoms with Crippen LogP contribution in [0.15, 0.2) is 78.9 Å². The molecule has 0 unspecified atom stereocenters. The zero-order valence-electron chi connectivity index (χ0n) is 19.6. The van der Waals surface area contributed by atoms with Gasteiger partial charge in [0, 0.05) is 18.8 Å². The lowest BCUT2D eigenvalue weighted by atomic mass is 9.90. The Labute approximate surface area is 201 Å². The molecular weight excluding hydrogens is 426 g/mol. The van der Waals surface area contributed by atoms with Gasteiger partial charge in [0.25, 0.3) is 0 Å². The molecule has 1 amide bonds. The average Bonchev–Trinajstić information content (AvgIpc) is 3.15. The summed E-state index contributed by atoms with van der Waals surface area (Å²) in [7, 11) is 0. The van der Waals surface area contributed by atoms with Gasteiger partial charge in [-0.2, -0.15) is 0 Å². The van der Waals surface area contributed by atoms with E-state index in [4.69, 9.17) is 4.74 Å². The molecule has 0 aliphatic heterocycles. The van der Waals surface area contributed by atoms with Gasteiger partial charge in [-0.1, -0.05) is 72.8 Å². The van der Waals surface area contributed by atoms with Gasteiger partial charge in [0.1, 0.15) is 5.75 Å². The number of aliphatic hydroxyl groups excluding tert-OH is 2. The molecule has 3 aromatic carbocycles. The molecule has 0 bridgehead atoms. The van der Waals surface area contributed by atoms with Gasteiger partial charge in [0.2, 0.25) is 5.91 Å². The Kier molecular flexibility index (Phi) is 7.99. The van der Waals surface area contributed by atoms with Crippen LogP contribution in [-0.4, -0.2) is 34.9 Å². The van der Waals surface area contributed by atoms with E-state index in [1.165, 1.54) is 0 Å². The second-order valence-corrected chi connectivity index (χ2v) is 8.98. The number of hydrogen-bond donors (Lipinski definition) is 3. The van der Waals surface area contributed by atoms with Gasteiger partial charge in [0.15, 0.2) is 0 Å². The first kappa shape index (κ1) is 24.0. The van der Waals surface area contributed by atoms with Crippen molar-refractivity contribution in [3.05, 3.63) is 101 Å². The number of rotatable bonds is 10. The van der Waals surface area contributed by atoms with Crippen molar-refractivity contribution >= 4 is 5.91 Å². The largest absolute Gasteiger partial charge is 0.494 e. The standard InChI is InChI=1S/C29H33NO4/c1-2-34-27-15-9-7-13-22(27)17-24(31)18-23(16-20-10-4-3-5-11-20)29(33)30-28-25-14-8-6-12-21(25)19-26(28)32/h3-15,23-24,26,28,31-32H,2,16-19H2,1H3,(H,30,33)/t23-,24+,26+,28-/m0/s1. The van der Waals surface area contributed by atoms with Crippen molar-refractivity contribution in [2.24, 2.45) is 5.92 Å². The molecule has 0 heterocycles. The van der Waals surface area contributed by atoms with E-state index in [1.54, 1.807) is 0 Å². The predicted octanol–water partition coefficient (Wildman–Crippen LogP) is 4.01. The molecule has 1 aliphatic rings. The minimum atomic E-state index is -0.707. The number of nitrogens with one attached hydrogen (secondary N) is 1. The number of amides is 1. The van der Waals surface area contributed by atoms with Crippen LogP contribution in [0.3, 0.4) is 0 Å². The van der Waals surface area contributed by atoms with Crippen molar-refractivity contribution in [1.82, 2.24) is 5.32 Å². The Hall–Kier alpha value is -3.15. The quantitative estimate of drug-likeness (QED) is 0.428. The number of carbonyl (C=O) groups excluding carboxylic acids is 1. The highest BCUT2D eigenvalue weighted by atomic mass is 16.5. The van der Waals surface area contributed by atoms with Crippen LogP contribution in [-0.2, 0) is 24.1 Å². The van der Waals surface area contributed by atoms with E-state index >= 15 is 0 Å². The van der Waals surface area contributed by atoms with E-state index in [0.29, 0.717) is 32.3 Å². The molecule has 3 aromatic rings. The second-order valence-electron chi connectivity index (χ2n) is 8.98. The minimum absolute atomic E-state index is 0.151. The monoisotopic (exact) mass is 459 g/mol. The fraction of sp³-hybridized carbons (Fsp3) is 0.345. The minimum Gasteiger partial charge on any atom is -0.494 e. The molecular formula is C29H33NO4. The van der Waals surface area contributed by atoms with Crippen LogP contribution < -0.4 is 10.1 Å². The summed E-state index contributed by atoms with van der Waals surface area (Å²) in [6.45, 7) is 2.49. The van der Waals surface area contributed by atoms with E-state index in [2.05, 4.69) is 5.32 Å². The molecule has 0 saturated carbocycles. The molecule has 4 atom stereocenters. The molecule has 1 aliphatic carbocycles. The summed E-state index contributed by atoms with van der Waals surface area (Å²) in [5.74, 6) is 0.178. The second kappa shape index (κ2) is 11.3. The van der Waals surface area contributed by atoms with E-state index in [9.17, 15) is 15.0 Å². The highest BCUT2D eigenvalue weighted by Gasteiger charge is 2.34. The van der Waals surface area contributed by atoms with Crippen LogP contribution in [0.25, 0.3) is 0 Å². The highest BCUT2D eigenvalue weighted by Crippen LogP contribution is 2.32. The summed E-state index contributed by atoms with van der Waals surface area (Å²) >= 11 is 0. The van der Waals surface area contributed by atoms with Gasteiger partial charge in [-0.05, 0) is 48.1 Å². The predicted molar refractivity (Wildman–Crippen MR) is 133 cm³/mol. The smallest absolute Gasteiger partial charge is 0.224 e. The number of aliphatic hydroxyl groups is 2. The van der Waals surface area contributed by atoms with Crippen LogP contribution in [0, 0.1) is 5.92 Å². The lowest BCUT2D eigenvalue weighted by Crippen LogP contribution is -2.39. The zero-order valence-corrected chi connectivity index (χ0v) is 19.6. The number of para-hydroxylation sites is 1. The Morgan fingerprint density at radius 2 is 1.71 bits per heavy atom. The summed E-state index contributed by atoms with van der Waals surface area (Å²) in [6, 6.07) is 24.9. The fourth-order valence-corrected chi connectivity index (χ4v) is 4.84. The molecule has 0 aromatic heterocycles. The van der Waals surface area contributed by atoms with Crippen LogP contribution >= 0.6 is 0 Å². The van der Waals surface area contributed by atoms with Crippen molar-refractivity contribution in [2.75, 3.05) is 6.61 Å². The third-order valence-electron chi connectivity index (χ3n) is 6.48. The average molecular weight is 460 g/mol. The van der Waals surface area contributed by atoms with Crippen molar-refractivity contribution in [2.45, 2.75) is 50.9 Å². The van der Waals surface area contributed by atoms with Gasteiger partial charge >= 0.3 is 0 Å². The Bertz CT molecular complexity index is 1080. The van der Waals surface area contributed by atoms with Gasteiger partial charge in [-0.15, -0.1) is 0 Å². The Morgan fingerprint density at radius 3 is 2.50 bits per heavy atom. The molecule has 0 saturated heterocycles. The number of fused-ring (bicyclic) bond motifs is 1. The molecule has 4 rings (SSSR count). The van der Waals surface area contributed by atoms with Gasteiger partial charge in [0.05, 0.1) is 24.9 Å². The lowest BCUT2D eigenvalue weighted by Gasteiger charge is -2.25. The normalized spacial score (nSPS) is 18.7. The van der Waals surface area contributed by atoms with E-state index in [0.717, 1.165) is 28.0 Å². The Balaban J connectivity index is 1.49. The molecule has 5 nitrogen and oxygen atoms in total. The maximum atomic E-state index is 13.5. The third-order valence-corrected chi connectivity index (χ3v) is 6.48. The van der Waals surface area contributed by atoms with Crippen LogP contribution in [0.2, 0.25) is 0 Å². The van der Waals surface area contributed by atoms with E-state index < -0.39 is 24.2 Å². The molecule has 34 heavy (non-hydrogen) atoms. The highest BCUT2D eigenvalue weighted by molar-refractivity contribution is 5.80. The van der Waals surface area contributed by atoms with Crippen molar-refractivity contribution in [1.29, 1.82) is 0 Å². The summed E-state index contributed by atoms with van der Waals surface area (Å²) in [6.07, 6.45) is 0.404. The first-order chi connectivity index (χ1) is 16.5.